The third-order valence-electron chi connectivity index (χ3n) is 15.3. The monoisotopic (exact) mass is 1440 g/mol. The highest BCUT2D eigenvalue weighted by Gasteiger charge is 2.30. The molecule has 0 amide bonds. The van der Waals surface area contributed by atoms with Gasteiger partial charge in [-0.1, -0.05) is 263 Å². The number of rotatable bonds is 70. The summed E-state index contributed by atoms with van der Waals surface area (Å²) in [6.07, 6.45) is 81.4. The Labute approximate surface area is 605 Å². The van der Waals surface area contributed by atoms with Gasteiger partial charge in [0.1, 0.15) is 19.3 Å². The molecule has 0 fully saturated rings. The van der Waals surface area contributed by atoms with Gasteiger partial charge < -0.3 is 33.8 Å². The van der Waals surface area contributed by atoms with Crippen LogP contribution in [0.3, 0.4) is 0 Å². The van der Waals surface area contributed by atoms with Gasteiger partial charge in [0.05, 0.1) is 26.4 Å². The van der Waals surface area contributed by atoms with E-state index in [1.54, 1.807) is 0 Å². The highest BCUT2D eigenvalue weighted by molar-refractivity contribution is 7.47. The van der Waals surface area contributed by atoms with Crippen LogP contribution in [0.1, 0.15) is 285 Å². The molecule has 0 spiro atoms. The van der Waals surface area contributed by atoms with Gasteiger partial charge in [-0.3, -0.25) is 37.3 Å². The number of esters is 4. The number of unbranched alkanes of at least 4 members (excludes halogenated alkanes) is 20. The standard InChI is InChI=1S/C81H134O17P2/c1-5-9-13-17-21-25-29-32-35-36-37-38-41-43-47-50-54-58-62-66-79(84)91-71-76(97-80(85)67-63-59-55-51-45-28-24-20-16-12-8-4)73-95-99(87,88)93-69-75(82)70-94-100(89,90)96-74-77(98-81(86)68-64-60-56-52-48-44-40-34-31-27-23-19-15-11-7-3)72-92-78(83)65-61-57-53-49-46-42-39-33-30-26-22-18-14-10-6-2/h9-11,13-15,21-23,25-27,32-35,37-40,46,48-49,52,75-77,82H,5-8,12,16-20,24,28-31,36,41-45,47,50-51,53-74H2,1-4H3,(H,87,88)(H,89,90)/b13-9-,14-10-,15-11-,25-21-,26-22-,27-23-,35-32-,38-37-,39-33-,40-34-,49-46-,52-48-. The van der Waals surface area contributed by atoms with E-state index in [0.717, 1.165) is 161 Å². The van der Waals surface area contributed by atoms with Crippen LogP contribution < -0.4 is 0 Å². The summed E-state index contributed by atoms with van der Waals surface area (Å²) in [5.41, 5.74) is 0. The Morgan fingerprint density at radius 3 is 0.820 bits per heavy atom. The first kappa shape index (κ1) is 94.9. The molecule has 0 radical (unpaired) electrons. The van der Waals surface area contributed by atoms with Gasteiger partial charge in [-0.05, 0) is 141 Å². The highest BCUT2D eigenvalue weighted by atomic mass is 31.2. The lowest BCUT2D eigenvalue weighted by Gasteiger charge is -2.21. The van der Waals surface area contributed by atoms with E-state index in [1.165, 1.54) is 38.5 Å². The van der Waals surface area contributed by atoms with Crippen LogP contribution in [0.5, 0.6) is 0 Å². The molecule has 0 aliphatic rings. The fourth-order valence-corrected chi connectivity index (χ4v) is 11.2. The Morgan fingerprint density at radius 1 is 0.290 bits per heavy atom. The van der Waals surface area contributed by atoms with Crippen LogP contribution >= 0.6 is 15.6 Å². The molecular formula is C81H134O17P2. The van der Waals surface area contributed by atoms with Crippen molar-refractivity contribution in [2.24, 2.45) is 0 Å². The Morgan fingerprint density at radius 2 is 0.520 bits per heavy atom. The van der Waals surface area contributed by atoms with Crippen LogP contribution in [0, 0.1) is 0 Å². The maximum atomic E-state index is 13.1. The molecular weight excluding hydrogens is 1310 g/mol. The molecule has 0 aromatic rings. The first-order valence-electron chi connectivity index (χ1n) is 38.1. The number of allylic oxidation sites excluding steroid dienone is 24. The summed E-state index contributed by atoms with van der Waals surface area (Å²) >= 11 is 0. The molecule has 100 heavy (non-hydrogen) atoms. The van der Waals surface area contributed by atoms with Crippen molar-refractivity contribution in [1.82, 2.24) is 0 Å². The fraction of sp³-hybridized carbons (Fsp3) is 0.654. The molecule has 17 nitrogen and oxygen atoms in total. The van der Waals surface area contributed by atoms with Crippen molar-refractivity contribution < 1.29 is 80.2 Å². The van der Waals surface area contributed by atoms with E-state index in [9.17, 15) is 43.2 Å². The van der Waals surface area contributed by atoms with Gasteiger partial charge in [0, 0.05) is 25.7 Å². The maximum Gasteiger partial charge on any atom is 0.472 e. The number of hydrogen-bond donors (Lipinski definition) is 3. The van der Waals surface area contributed by atoms with E-state index in [0.29, 0.717) is 32.1 Å². The average Bonchev–Trinajstić information content (AvgIpc) is 0.953. The lowest BCUT2D eigenvalue weighted by atomic mass is 10.1. The topological polar surface area (TPSA) is 237 Å². The molecule has 0 saturated carbocycles. The van der Waals surface area contributed by atoms with Gasteiger partial charge in [-0.15, -0.1) is 0 Å². The number of phosphoric acid groups is 2. The van der Waals surface area contributed by atoms with Crippen LogP contribution in [0.25, 0.3) is 0 Å². The summed E-state index contributed by atoms with van der Waals surface area (Å²) in [4.78, 5) is 72.8. The molecule has 0 saturated heterocycles. The minimum Gasteiger partial charge on any atom is -0.462 e. The predicted octanol–water partition coefficient (Wildman–Crippen LogP) is 21.9. The van der Waals surface area contributed by atoms with Crippen LogP contribution in [0.4, 0.5) is 0 Å². The zero-order valence-corrected chi connectivity index (χ0v) is 63.9. The lowest BCUT2D eigenvalue weighted by molar-refractivity contribution is -0.161. The summed E-state index contributed by atoms with van der Waals surface area (Å²) < 4.78 is 68.4. The van der Waals surface area contributed by atoms with Crippen molar-refractivity contribution in [2.45, 2.75) is 303 Å². The van der Waals surface area contributed by atoms with Crippen molar-refractivity contribution in [3.05, 3.63) is 146 Å². The van der Waals surface area contributed by atoms with Crippen molar-refractivity contribution in [3.63, 3.8) is 0 Å². The number of carbonyl (C=O) groups excluding carboxylic acids is 4. The molecule has 0 aromatic heterocycles. The van der Waals surface area contributed by atoms with Crippen molar-refractivity contribution in [1.29, 1.82) is 0 Å². The minimum absolute atomic E-state index is 0.0295. The molecule has 0 bridgehead atoms. The summed E-state index contributed by atoms with van der Waals surface area (Å²) in [5, 5.41) is 10.6. The van der Waals surface area contributed by atoms with E-state index in [-0.39, 0.29) is 25.7 Å². The van der Waals surface area contributed by atoms with Crippen LogP contribution in [-0.2, 0) is 65.4 Å². The second-order valence-electron chi connectivity index (χ2n) is 24.8. The third-order valence-corrected chi connectivity index (χ3v) is 17.2. The molecule has 570 valence electrons. The van der Waals surface area contributed by atoms with Crippen LogP contribution in [0.15, 0.2) is 146 Å². The molecule has 5 atom stereocenters. The van der Waals surface area contributed by atoms with E-state index >= 15 is 0 Å². The number of hydrogen-bond acceptors (Lipinski definition) is 15. The van der Waals surface area contributed by atoms with Gasteiger partial charge in [-0.25, -0.2) is 9.13 Å². The number of aliphatic hydroxyl groups excluding tert-OH is 1. The molecule has 3 N–H and O–H groups in total. The molecule has 0 heterocycles. The molecule has 0 aromatic carbocycles. The lowest BCUT2D eigenvalue weighted by Crippen LogP contribution is -2.30. The Bertz CT molecular complexity index is 2470. The van der Waals surface area contributed by atoms with E-state index in [4.69, 9.17) is 37.0 Å². The Kier molecular flexibility index (Phi) is 68.6. The zero-order valence-electron chi connectivity index (χ0n) is 62.1. The number of aliphatic hydroxyl groups is 1. The van der Waals surface area contributed by atoms with Gasteiger partial charge >= 0.3 is 39.5 Å². The summed E-state index contributed by atoms with van der Waals surface area (Å²) in [5.74, 6) is -2.29. The van der Waals surface area contributed by atoms with Gasteiger partial charge in [-0.2, -0.15) is 0 Å². The van der Waals surface area contributed by atoms with Gasteiger partial charge in [0.15, 0.2) is 12.2 Å². The first-order chi connectivity index (χ1) is 48.7. The largest absolute Gasteiger partial charge is 0.472 e. The number of carbonyl (C=O) groups is 4. The first-order valence-corrected chi connectivity index (χ1v) is 41.1. The molecule has 0 rings (SSSR count). The van der Waals surface area contributed by atoms with Gasteiger partial charge in [0.2, 0.25) is 0 Å². The Balaban J connectivity index is 5.39. The predicted molar refractivity (Wildman–Crippen MR) is 408 cm³/mol. The SMILES string of the molecule is CC/C=C\C/C=C\C/C=C\C/C=C\CCCCCCCCC(=O)OCC(COP(=O)(O)OCC(O)COP(=O)(O)OCC(COC(=O)CCCC/C=C\C/C=C\C/C=C\C/C=C\CC)OC(=O)CCCC/C=C\C/C=C\C/C=C\C/C=C\CC)OC(=O)CCCCCCCCCCCCC. The van der Waals surface area contributed by atoms with Crippen LogP contribution in [-0.4, -0.2) is 96.7 Å². The molecule has 19 heteroatoms. The minimum atomic E-state index is -5.00. The second-order valence-corrected chi connectivity index (χ2v) is 27.7. The fourth-order valence-electron chi connectivity index (χ4n) is 9.60. The van der Waals surface area contributed by atoms with Crippen LogP contribution in [0.2, 0.25) is 0 Å². The maximum absolute atomic E-state index is 13.1. The number of phosphoric ester groups is 2. The zero-order chi connectivity index (χ0) is 73.2. The average molecular weight is 1440 g/mol. The quantitative estimate of drug-likeness (QED) is 0.0169. The highest BCUT2D eigenvalue weighted by Crippen LogP contribution is 2.45. The van der Waals surface area contributed by atoms with Crippen molar-refractivity contribution >= 4 is 39.5 Å². The third kappa shape index (κ3) is 71.3. The van der Waals surface area contributed by atoms with E-state index in [2.05, 4.69) is 174 Å². The summed E-state index contributed by atoms with van der Waals surface area (Å²) in [6, 6.07) is 0. The summed E-state index contributed by atoms with van der Waals surface area (Å²) in [6.45, 7) is 4.40. The van der Waals surface area contributed by atoms with Crippen molar-refractivity contribution in [3.8, 4) is 0 Å². The molecule has 0 aliphatic carbocycles. The summed E-state index contributed by atoms with van der Waals surface area (Å²) in [7, 11) is -9.98. The number of ether oxygens (including phenoxy) is 4. The van der Waals surface area contributed by atoms with E-state index < -0.39 is 97.5 Å². The molecule has 5 unspecified atom stereocenters. The Hall–Kier alpha value is -5.06. The van der Waals surface area contributed by atoms with Gasteiger partial charge in [0.25, 0.3) is 0 Å². The molecule has 0 aliphatic heterocycles. The van der Waals surface area contributed by atoms with E-state index in [1.807, 2.05) is 0 Å². The second kappa shape index (κ2) is 72.3. The van der Waals surface area contributed by atoms with Crippen molar-refractivity contribution in [2.75, 3.05) is 39.6 Å². The normalized spacial score (nSPS) is 14.8. The smallest absolute Gasteiger partial charge is 0.462 e.